The van der Waals surface area contributed by atoms with Crippen LogP contribution in [-0.4, -0.2) is 9.97 Å². The van der Waals surface area contributed by atoms with E-state index in [0.717, 1.165) is 44.7 Å². The Kier molecular flexibility index (Phi) is 6.75. The summed E-state index contributed by atoms with van der Waals surface area (Å²) in [5.74, 6) is 0. The van der Waals surface area contributed by atoms with Crippen LogP contribution in [-0.2, 0) is 5.41 Å². The van der Waals surface area contributed by atoms with E-state index in [4.69, 9.17) is 9.97 Å². The van der Waals surface area contributed by atoms with Gasteiger partial charge in [-0.2, -0.15) is 0 Å². The SMILES string of the molecule is c1ccc(-c2nc3cccc(-c4ccc5c(c4)-c4cc6ccccc6cc4C5(c4ccccc4)c4ccccc4)c3nc2-c2ccccc2)cc1. The van der Waals surface area contributed by atoms with Crippen LogP contribution in [0, 0.1) is 0 Å². The topological polar surface area (TPSA) is 25.8 Å². The van der Waals surface area contributed by atoms with Gasteiger partial charge in [0.1, 0.15) is 0 Å². The predicted octanol–water partition coefficient (Wildman–Crippen LogP) is 12.1. The van der Waals surface area contributed by atoms with Crippen molar-refractivity contribution < 1.29 is 0 Å². The highest BCUT2D eigenvalue weighted by atomic mass is 14.8. The summed E-state index contributed by atoms with van der Waals surface area (Å²) in [4.78, 5) is 10.7. The van der Waals surface area contributed by atoms with E-state index in [1.54, 1.807) is 0 Å². The molecule has 0 N–H and O–H groups in total. The predicted molar refractivity (Wildman–Crippen MR) is 211 cm³/mol. The third kappa shape index (κ3) is 4.57. The van der Waals surface area contributed by atoms with E-state index in [1.807, 2.05) is 12.1 Å². The van der Waals surface area contributed by atoms with E-state index in [1.165, 1.54) is 44.2 Å². The van der Waals surface area contributed by atoms with Gasteiger partial charge in [-0.1, -0.05) is 170 Å². The molecule has 0 saturated carbocycles. The summed E-state index contributed by atoms with van der Waals surface area (Å²) >= 11 is 0. The first-order chi connectivity index (χ1) is 25.3. The molecule has 0 bridgehead atoms. The molecule has 0 saturated heterocycles. The first kappa shape index (κ1) is 29.3. The number of nitrogens with zero attached hydrogens (tertiary/aromatic N) is 2. The maximum absolute atomic E-state index is 5.44. The highest BCUT2D eigenvalue weighted by Gasteiger charge is 2.46. The summed E-state index contributed by atoms with van der Waals surface area (Å²) in [6, 6.07) is 69.7. The first-order valence-electron chi connectivity index (χ1n) is 17.5. The van der Waals surface area contributed by atoms with Crippen molar-refractivity contribution in [3.63, 3.8) is 0 Å². The van der Waals surface area contributed by atoms with Crippen molar-refractivity contribution in [1.82, 2.24) is 9.97 Å². The number of hydrogen-bond donors (Lipinski definition) is 0. The van der Waals surface area contributed by atoms with Crippen molar-refractivity contribution in [3.8, 4) is 44.8 Å². The summed E-state index contributed by atoms with van der Waals surface area (Å²) < 4.78 is 0. The second-order valence-corrected chi connectivity index (χ2v) is 13.3. The van der Waals surface area contributed by atoms with Crippen LogP contribution in [0.1, 0.15) is 22.3 Å². The van der Waals surface area contributed by atoms with E-state index < -0.39 is 5.41 Å². The fourth-order valence-corrected chi connectivity index (χ4v) is 8.25. The molecular formula is C49H32N2. The molecule has 51 heavy (non-hydrogen) atoms. The lowest BCUT2D eigenvalue weighted by atomic mass is 9.67. The average molecular weight is 649 g/mol. The summed E-state index contributed by atoms with van der Waals surface area (Å²) in [6.45, 7) is 0. The van der Waals surface area contributed by atoms with Gasteiger partial charge >= 0.3 is 0 Å². The molecule has 1 aliphatic carbocycles. The van der Waals surface area contributed by atoms with Crippen LogP contribution in [0.25, 0.3) is 66.6 Å². The minimum atomic E-state index is -0.473. The van der Waals surface area contributed by atoms with Crippen molar-refractivity contribution >= 4 is 21.8 Å². The first-order valence-corrected chi connectivity index (χ1v) is 17.5. The second kappa shape index (κ2) is 11.8. The number of hydrogen-bond acceptors (Lipinski definition) is 2. The second-order valence-electron chi connectivity index (χ2n) is 13.3. The maximum Gasteiger partial charge on any atom is 0.0973 e. The van der Waals surface area contributed by atoms with Crippen LogP contribution in [0.4, 0.5) is 0 Å². The normalized spacial score (nSPS) is 12.9. The van der Waals surface area contributed by atoms with E-state index in [-0.39, 0.29) is 0 Å². The van der Waals surface area contributed by atoms with Gasteiger partial charge in [0.15, 0.2) is 0 Å². The molecule has 238 valence electrons. The lowest BCUT2D eigenvalue weighted by Gasteiger charge is -2.34. The van der Waals surface area contributed by atoms with Crippen LogP contribution in [0.5, 0.6) is 0 Å². The van der Waals surface area contributed by atoms with Crippen LogP contribution >= 0.6 is 0 Å². The molecule has 0 atom stereocenters. The Balaban J connectivity index is 1.25. The zero-order chi connectivity index (χ0) is 33.8. The van der Waals surface area contributed by atoms with Crippen molar-refractivity contribution in [2.45, 2.75) is 5.41 Å². The fraction of sp³-hybridized carbons (Fsp3) is 0.0204. The summed E-state index contributed by atoms with van der Waals surface area (Å²) in [7, 11) is 0. The number of fused-ring (bicyclic) bond motifs is 5. The van der Waals surface area contributed by atoms with Gasteiger partial charge in [-0.3, -0.25) is 0 Å². The van der Waals surface area contributed by atoms with Gasteiger partial charge < -0.3 is 0 Å². The minimum absolute atomic E-state index is 0.473. The Bertz CT molecular complexity index is 2680. The van der Waals surface area contributed by atoms with Gasteiger partial charge in [0.05, 0.1) is 27.8 Å². The Hall–Kier alpha value is -6.64. The molecule has 0 fully saturated rings. The molecule has 1 aromatic heterocycles. The summed E-state index contributed by atoms with van der Waals surface area (Å²) in [5.41, 5.74) is 15.0. The van der Waals surface area contributed by atoms with Crippen LogP contribution in [0.15, 0.2) is 194 Å². The molecule has 8 aromatic carbocycles. The molecule has 0 aliphatic heterocycles. The molecule has 2 nitrogen and oxygen atoms in total. The smallest absolute Gasteiger partial charge is 0.0973 e. The Morgan fingerprint density at radius 3 is 1.49 bits per heavy atom. The summed E-state index contributed by atoms with van der Waals surface area (Å²) in [5, 5.41) is 2.48. The fourth-order valence-electron chi connectivity index (χ4n) is 8.25. The lowest BCUT2D eigenvalue weighted by Crippen LogP contribution is -2.28. The molecule has 0 amide bonds. The molecule has 0 unspecified atom stereocenters. The molecule has 10 rings (SSSR count). The van der Waals surface area contributed by atoms with Gasteiger partial charge in [0.25, 0.3) is 0 Å². The monoisotopic (exact) mass is 648 g/mol. The van der Waals surface area contributed by atoms with Crippen LogP contribution in [0.2, 0.25) is 0 Å². The van der Waals surface area contributed by atoms with Gasteiger partial charge in [-0.25, -0.2) is 9.97 Å². The van der Waals surface area contributed by atoms with Crippen molar-refractivity contribution in [2.24, 2.45) is 0 Å². The number of rotatable bonds is 5. The lowest BCUT2D eigenvalue weighted by molar-refractivity contribution is 0.769. The average Bonchev–Trinajstić information content (AvgIpc) is 3.49. The molecular weight excluding hydrogens is 617 g/mol. The highest BCUT2D eigenvalue weighted by Crippen LogP contribution is 2.57. The summed E-state index contributed by atoms with van der Waals surface area (Å²) in [6.07, 6.45) is 0. The van der Waals surface area contributed by atoms with Crippen molar-refractivity contribution in [2.75, 3.05) is 0 Å². The van der Waals surface area contributed by atoms with Gasteiger partial charge in [0, 0.05) is 16.7 Å². The largest absolute Gasteiger partial charge is 0.244 e. The van der Waals surface area contributed by atoms with Crippen LogP contribution < -0.4 is 0 Å². The zero-order valence-electron chi connectivity index (χ0n) is 27.9. The number of aromatic nitrogens is 2. The highest BCUT2D eigenvalue weighted by molar-refractivity contribution is 6.00. The molecule has 1 aliphatic rings. The molecule has 0 spiro atoms. The van der Waals surface area contributed by atoms with Crippen molar-refractivity contribution in [3.05, 3.63) is 216 Å². The van der Waals surface area contributed by atoms with Crippen molar-refractivity contribution in [1.29, 1.82) is 0 Å². The van der Waals surface area contributed by atoms with E-state index in [9.17, 15) is 0 Å². The minimum Gasteiger partial charge on any atom is -0.244 e. The maximum atomic E-state index is 5.44. The Labute approximate surface area is 297 Å². The third-order valence-electron chi connectivity index (χ3n) is 10.5. The van der Waals surface area contributed by atoms with Gasteiger partial charge in [-0.15, -0.1) is 0 Å². The van der Waals surface area contributed by atoms with Gasteiger partial charge in [-0.05, 0) is 74.0 Å². The number of benzene rings is 8. The van der Waals surface area contributed by atoms with E-state index in [0.29, 0.717) is 0 Å². The molecule has 2 heteroatoms. The third-order valence-corrected chi connectivity index (χ3v) is 10.5. The van der Waals surface area contributed by atoms with E-state index >= 15 is 0 Å². The molecule has 9 aromatic rings. The number of para-hydroxylation sites is 1. The Morgan fingerprint density at radius 2 is 0.863 bits per heavy atom. The van der Waals surface area contributed by atoms with Gasteiger partial charge in [0.2, 0.25) is 0 Å². The standard InChI is InChI=1S/C49H32N2/c1-5-16-33(17-6-1)46-47(34-18-7-2-8-19-34)51-48-40(26-15-27-45(48)50-46)37-28-29-43-41(31-37)42-30-35-20-13-14-21-36(35)32-44(42)49(43,38-22-9-3-10-23-38)39-24-11-4-12-25-39/h1-32H. The molecule has 0 radical (unpaired) electrons. The van der Waals surface area contributed by atoms with E-state index in [2.05, 4.69) is 182 Å². The molecule has 1 heterocycles. The van der Waals surface area contributed by atoms with Crippen LogP contribution in [0.3, 0.4) is 0 Å². The Morgan fingerprint density at radius 1 is 0.333 bits per heavy atom. The quantitative estimate of drug-likeness (QED) is 0.186. The zero-order valence-corrected chi connectivity index (χ0v) is 27.9.